The first-order valence-electron chi connectivity index (χ1n) is 4.94. The van der Waals surface area contributed by atoms with E-state index in [2.05, 4.69) is 14.7 Å². The Morgan fingerprint density at radius 3 is 2.33 bits per heavy atom. The lowest BCUT2D eigenvalue weighted by Crippen LogP contribution is -2.22. The molecule has 0 aliphatic carbocycles. The maximum atomic E-state index is 11.0. The molecule has 98 valence electrons. The highest BCUT2D eigenvalue weighted by atomic mass is 16.5. The predicted molar refractivity (Wildman–Crippen MR) is 56.6 cm³/mol. The summed E-state index contributed by atoms with van der Waals surface area (Å²) in [6.07, 6.45) is -1.29. The summed E-state index contributed by atoms with van der Waals surface area (Å²) in [5.41, 5.74) is 0.108. The molecule has 1 aromatic rings. The average molecular weight is 256 g/mol. The van der Waals surface area contributed by atoms with E-state index in [0.717, 1.165) is 12.4 Å². The van der Waals surface area contributed by atoms with Gasteiger partial charge in [-0.15, -0.1) is 0 Å². The Balaban J connectivity index is 2.78. The molecule has 0 saturated heterocycles. The molecule has 0 saturated carbocycles. The number of ether oxygens (including phenoxy) is 1. The number of aliphatic hydroxyl groups is 2. The maximum Gasteiger partial charge on any atom is 0.376 e. The van der Waals surface area contributed by atoms with Gasteiger partial charge in [0.15, 0.2) is 0 Å². The molecule has 1 rings (SSSR count). The lowest BCUT2D eigenvalue weighted by molar-refractivity contribution is -0.141. The molecule has 0 aliphatic heterocycles. The van der Waals surface area contributed by atoms with Crippen molar-refractivity contribution in [2.45, 2.75) is 18.6 Å². The van der Waals surface area contributed by atoms with Crippen molar-refractivity contribution in [2.24, 2.45) is 0 Å². The van der Waals surface area contributed by atoms with E-state index in [1.807, 2.05) is 0 Å². The monoisotopic (exact) mass is 256 g/mol. The second kappa shape index (κ2) is 6.03. The summed E-state index contributed by atoms with van der Waals surface area (Å²) in [6.45, 7) is 0. The molecular weight excluding hydrogens is 244 g/mol. The lowest BCUT2D eigenvalue weighted by Gasteiger charge is -2.15. The molecule has 3 N–H and O–H groups in total. The predicted octanol–water partition coefficient (Wildman–Crippen LogP) is -0.868. The molecule has 18 heavy (non-hydrogen) atoms. The first kappa shape index (κ1) is 14.0. The summed E-state index contributed by atoms with van der Waals surface area (Å²) in [6, 6.07) is 0. The minimum absolute atomic E-state index is 0.108. The number of methoxy groups -OCH3 is 1. The highest BCUT2D eigenvalue weighted by Gasteiger charge is 2.22. The molecule has 1 aromatic heterocycles. The SMILES string of the molecule is COC(=O)c1ncc(C(O)C(O)CC(=O)O)cn1. The highest BCUT2D eigenvalue weighted by Crippen LogP contribution is 2.17. The number of aliphatic hydroxyl groups excluding tert-OH is 2. The van der Waals surface area contributed by atoms with Crippen LogP contribution in [0.25, 0.3) is 0 Å². The van der Waals surface area contributed by atoms with Gasteiger partial charge in [-0.3, -0.25) is 4.79 Å². The lowest BCUT2D eigenvalue weighted by atomic mass is 10.1. The summed E-state index contributed by atoms with van der Waals surface area (Å²) in [7, 11) is 1.17. The Kier molecular flexibility index (Phi) is 4.69. The van der Waals surface area contributed by atoms with Crippen molar-refractivity contribution in [3.63, 3.8) is 0 Å². The molecule has 8 nitrogen and oxygen atoms in total. The molecule has 8 heteroatoms. The van der Waals surface area contributed by atoms with Crippen molar-refractivity contribution < 1.29 is 29.6 Å². The van der Waals surface area contributed by atoms with E-state index in [1.54, 1.807) is 0 Å². The molecule has 0 radical (unpaired) electrons. The Bertz CT molecular complexity index is 432. The van der Waals surface area contributed by atoms with Crippen LogP contribution in [0.2, 0.25) is 0 Å². The van der Waals surface area contributed by atoms with Gasteiger partial charge in [0, 0.05) is 18.0 Å². The number of nitrogens with zero attached hydrogens (tertiary/aromatic N) is 2. The summed E-state index contributed by atoms with van der Waals surface area (Å²) in [4.78, 5) is 28.7. The third-order valence-electron chi connectivity index (χ3n) is 2.13. The number of aliphatic carboxylic acids is 1. The first-order valence-corrected chi connectivity index (χ1v) is 4.94. The molecule has 0 fully saturated rings. The zero-order valence-corrected chi connectivity index (χ0v) is 9.48. The Morgan fingerprint density at radius 2 is 1.89 bits per heavy atom. The fourth-order valence-electron chi connectivity index (χ4n) is 1.20. The van der Waals surface area contributed by atoms with Gasteiger partial charge in [0.25, 0.3) is 0 Å². The number of carboxylic acids is 1. The van der Waals surface area contributed by atoms with Gasteiger partial charge in [-0.25, -0.2) is 14.8 Å². The van der Waals surface area contributed by atoms with E-state index in [9.17, 15) is 19.8 Å². The molecule has 0 bridgehead atoms. The van der Waals surface area contributed by atoms with Gasteiger partial charge >= 0.3 is 11.9 Å². The molecule has 0 aromatic carbocycles. The standard InChI is InChI=1S/C10H12N2O6/c1-18-10(17)9-11-3-5(4-12-9)8(16)6(13)2-7(14)15/h3-4,6,8,13,16H,2H2,1H3,(H,14,15). The van der Waals surface area contributed by atoms with Crippen molar-refractivity contribution in [1.82, 2.24) is 9.97 Å². The zero-order chi connectivity index (χ0) is 13.7. The minimum Gasteiger partial charge on any atom is -0.481 e. The van der Waals surface area contributed by atoms with Crippen LogP contribution in [0.1, 0.15) is 28.7 Å². The van der Waals surface area contributed by atoms with Gasteiger partial charge in [0.1, 0.15) is 6.10 Å². The van der Waals surface area contributed by atoms with Gasteiger partial charge in [-0.05, 0) is 0 Å². The smallest absolute Gasteiger partial charge is 0.376 e. The number of esters is 1. The molecule has 0 spiro atoms. The van der Waals surface area contributed by atoms with E-state index in [-0.39, 0.29) is 11.4 Å². The fourth-order valence-corrected chi connectivity index (χ4v) is 1.20. The number of carbonyl (C=O) groups excluding carboxylic acids is 1. The van der Waals surface area contributed by atoms with Gasteiger partial charge < -0.3 is 20.1 Å². The van der Waals surface area contributed by atoms with Crippen LogP contribution < -0.4 is 0 Å². The number of rotatable bonds is 5. The quantitative estimate of drug-likeness (QED) is 0.580. The van der Waals surface area contributed by atoms with Crippen molar-refractivity contribution in [3.05, 3.63) is 23.8 Å². The summed E-state index contributed by atoms with van der Waals surface area (Å²) in [5, 5.41) is 27.5. The number of hydrogen-bond acceptors (Lipinski definition) is 7. The van der Waals surface area contributed by atoms with Gasteiger partial charge in [0.2, 0.25) is 5.82 Å². The largest absolute Gasteiger partial charge is 0.481 e. The van der Waals surface area contributed by atoms with Crippen LogP contribution in [0.5, 0.6) is 0 Å². The summed E-state index contributed by atoms with van der Waals surface area (Å²) in [5.74, 6) is -2.17. The molecule has 0 aliphatic rings. The van der Waals surface area contributed by atoms with Crippen LogP contribution in [-0.2, 0) is 9.53 Å². The second-order valence-corrected chi connectivity index (χ2v) is 3.44. The molecule has 2 atom stereocenters. The minimum atomic E-state index is -1.48. The van der Waals surface area contributed by atoms with Crippen LogP contribution in [-0.4, -0.2) is 50.4 Å². The van der Waals surface area contributed by atoms with E-state index in [4.69, 9.17) is 5.11 Å². The number of aromatic nitrogens is 2. The van der Waals surface area contributed by atoms with E-state index >= 15 is 0 Å². The Morgan fingerprint density at radius 1 is 1.33 bits per heavy atom. The van der Waals surface area contributed by atoms with E-state index in [1.165, 1.54) is 7.11 Å². The van der Waals surface area contributed by atoms with Crippen LogP contribution in [0.4, 0.5) is 0 Å². The van der Waals surface area contributed by atoms with Gasteiger partial charge in [0.05, 0.1) is 19.6 Å². The van der Waals surface area contributed by atoms with Crippen LogP contribution >= 0.6 is 0 Å². The Hall–Kier alpha value is -2.06. The first-order chi connectivity index (χ1) is 8.45. The maximum absolute atomic E-state index is 11.0. The number of carbonyl (C=O) groups is 2. The van der Waals surface area contributed by atoms with E-state index in [0.29, 0.717) is 0 Å². The molecule has 2 unspecified atom stereocenters. The van der Waals surface area contributed by atoms with Crippen molar-refractivity contribution in [2.75, 3.05) is 7.11 Å². The Labute approximate surface area is 102 Å². The number of carboxylic acid groups (broad SMARTS) is 1. The average Bonchev–Trinajstić information content (AvgIpc) is 2.36. The molecule has 0 amide bonds. The topological polar surface area (TPSA) is 130 Å². The molecular formula is C10H12N2O6. The highest BCUT2D eigenvalue weighted by molar-refractivity contribution is 5.84. The molecule has 1 heterocycles. The van der Waals surface area contributed by atoms with Crippen molar-refractivity contribution >= 4 is 11.9 Å². The van der Waals surface area contributed by atoms with E-state index < -0.39 is 30.6 Å². The van der Waals surface area contributed by atoms with Crippen molar-refractivity contribution in [3.8, 4) is 0 Å². The van der Waals surface area contributed by atoms with Crippen molar-refractivity contribution in [1.29, 1.82) is 0 Å². The fraction of sp³-hybridized carbons (Fsp3) is 0.400. The van der Waals surface area contributed by atoms with Gasteiger partial charge in [-0.1, -0.05) is 0 Å². The normalized spacial score (nSPS) is 13.7. The zero-order valence-electron chi connectivity index (χ0n) is 9.48. The van der Waals surface area contributed by atoms with Crippen LogP contribution in [0.15, 0.2) is 12.4 Å². The van der Waals surface area contributed by atoms with Crippen LogP contribution in [0, 0.1) is 0 Å². The number of hydrogen-bond donors (Lipinski definition) is 3. The van der Waals surface area contributed by atoms with Gasteiger partial charge in [-0.2, -0.15) is 0 Å². The second-order valence-electron chi connectivity index (χ2n) is 3.44. The third-order valence-corrected chi connectivity index (χ3v) is 2.13. The summed E-state index contributed by atoms with van der Waals surface area (Å²) >= 11 is 0. The van der Waals surface area contributed by atoms with Crippen LogP contribution in [0.3, 0.4) is 0 Å². The summed E-state index contributed by atoms with van der Waals surface area (Å²) < 4.78 is 4.38. The third kappa shape index (κ3) is 3.47.